The van der Waals surface area contributed by atoms with Gasteiger partial charge < -0.3 is 15.9 Å². The van der Waals surface area contributed by atoms with Crippen LogP contribution in [0.3, 0.4) is 0 Å². The molecule has 7 nitrogen and oxygen atoms in total. The van der Waals surface area contributed by atoms with Crippen LogP contribution in [-0.4, -0.2) is 26.5 Å². The number of halogens is 1. The van der Waals surface area contributed by atoms with Gasteiger partial charge in [-0.25, -0.2) is 9.07 Å². The Labute approximate surface area is 172 Å². The molecule has 2 aromatic carbocycles. The maximum atomic E-state index is 13.6. The summed E-state index contributed by atoms with van der Waals surface area (Å²) in [5.41, 5.74) is 2.47. The number of hydrogen-bond donors (Lipinski definition) is 2. The highest BCUT2D eigenvalue weighted by Gasteiger charge is 2.14. The second-order valence-electron chi connectivity index (χ2n) is 6.44. The predicted molar refractivity (Wildman–Crippen MR) is 109 cm³/mol. The minimum Gasteiger partial charge on any atom is -0.485 e. The monoisotopic (exact) mass is 415 g/mol. The first-order chi connectivity index (χ1) is 14.0. The zero-order valence-electron chi connectivity index (χ0n) is 16.2. The number of aromatic nitrogens is 3. The Morgan fingerprint density at radius 3 is 2.62 bits per heavy atom. The molecule has 152 valence electrons. The van der Waals surface area contributed by atoms with E-state index < -0.39 is 0 Å². The first kappa shape index (κ1) is 20.7. The second-order valence-corrected chi connectivity index (χ2v) is 7.38. The van der Waals surface area contributed by atoms with Gasteiger partial charge in [-0.3, -0.25) is 4.79 Å². The summed E-state index contributed by atoms with van der Waals surface area (Å²) in [6, 6.07) is 12.2. The van der Waals surface area contributed by atoms with Gasteiger partial charge in [-0.1, -0.05) is 48.2 Å². The molecule has 0 saturated carbocycles. The molecular formula is C20H22FN5O2S. The molecule has 0 aliphatic rings. The van der Waals surface area contributed by atoms with Crippen LogP contribution in [-0.2, 0) is 17.9 Å². The zero-order chi connectivity index (χ0) is 20.8. The van der Waals surface area contributed by atoms with E-state index in [-0.39, 0.29) is 30.6 Å². The predicted octanol–water partition coefficient (Wildman–Crippen LogP) is 2.74. The van der Waals surface area contributed by atoms with Crippen LogP contribution in [0.1, 0.15) is 22.5 Å². The third kappa shape index (κ3) is 5.26. The summed E-state index contributed by atoms with van der Waals surface area (Å²) in [5, 5.41) is 11.1. The Kier molecular flexibility index (Phi) is 6.71. The summed E-state index contributed by atoms with van der Waals surface area (Å²) in [7, 11) is 0. The summed E-state index contributed by atoms with van der Waals surface area (Å²) in [6.45, 7) is 4.22. The number of nitrogen functional groups attached to an aromatic ring is 1. The molecule has 0 saturated heterocycles. The van der Waals surface area contributed by atoms with Crippen molar-refractivity contribution in [2.24, 2.45) is 0 Å². The van der Waals surface area contributed by atoms with Crippen LogP contribution >= 0.6 is 11.8 Å². The first-order valence-electron chi connectivity index (χ1n) is 8.97. The molecule has 1 aromatic heterocycles. The third-order valence-corrected chi connectivity index (χ3v) is 5.20. The van der Waals surface area contributed by atoms with Gasteiger partial charge in [0.1, 0.15) is 18.2 Å². The minimum absolute atomic E-state index is 0.0849. The Hall–Kier alpha value is -3.07. The number of nitrogens with two attached hydrogens (primary N) is 1. The number of thioether (sulfide) groups is 1. The lowest BCUT2D eigenvalue weighted by atomic mass is 10.1. The van der Waals surface area contributed by atoms with Crippen LogP contribution in [0.4, 0.5) is 4.39 Å². The molecule has 0 aliphatic heterocycles. The van der Waals surface area contributed by atoms with Crippen LogP contribution in [0, 0.1) is 19.7 Å². The SMILES string of the molecule is Cc1cccc(C)c1OCc1nnc(SCC(=O)NCc2ccccc2F)n1N. The van der Waals surface area contributed by atoms with E-state index in [0.717, 1.165) is 28.6 Å². The highest BCUT2D eigenvalue weighted by atomic mass is 32.2. The Morgan fingerprint density at radius 1 is 1.17 bits per heavy atom. The fourth-order valence-electron chi connectivity index (χ4n) is 2.68. The summed E-state index contributed by atoms with van der Waals surface area (Å²) in [5.74, 6) is 6.74. The Morgan fingerprint density at radius 2 is 1.90 bits per heavy atom. The lowest BCUT2D eigenvalue weighted by Crippen LogP contribution is -2.25. The summed E-state index contributed by atoms with van der Waals surface area (Å²) in [6.07, 6.45) is 0. The molecule has 0 atom stereocenters. The number of nitrogens with one attached hydrogen (secondary N) is 1. The van der Waals surface area contributed by atoms with E-state index in [1.165, 1.54) is 10.7 Å². The van der Waals surface area contributed by atoms with Crippen molar-refractivity contribution in [3.8, 4) is 5.75 Å². The summed E-state index contributed by atoms with van der Waals surface area (Å²) in [4.78, 5) is 12.0. The van der Waals surface area contributed by atoms with Crippen molar-refractivity contribution >= 4 is 17.7 Å². The topological polar surface area (TPSA) is 95.1 Å². The van der Waals surface area contributed by atoms with E-state index in [2.05, 4.69) is 15.5 Å². The van der Waals surface area contributed by atoms with Crippen LogP contribution < -0.4 is 15.9 Å². The van der Waals surface area contributed by atoms with Gasteiger partial charge in [0.25, 0.3) is 0 Å². The number of aryl methyl sites for hydroxylation is 2. The zero-order valence-corrected chi connectivity index (χ0v) is 17.0. The van der Waals surface area contributed by atoms with Crippen molar-refractivity contribution in [2.75, 3.05) is 11.6 Å². The number of carbonyl (C=O) groups is 1. The van der Waals surface area contributed by atoms with Gasteiger partial charge in [0, 0.05) is 12.1 Å². The molecule has 9 heteroatoms. The fourth-order valence-corrected chi connectivity index (χ4v) is 3.39. The number of para-hydroxylation sites is 1. The summed E-state index contributed by atoms with van der Waals surface area (Å²) < 4.78 is 20.7. The van der Waals surface area contributed by atoms with Crippen molar-refractivity contribution in [1.82, 2.24) is 20.2 Å². The number of carbonyl (C=O) groups excluding carboxylic acids is 1. The molecule has 0 fully saturated rings. The van der Waals surface area contributed by atoms with Crippen molar-refractivity contribution in [1.29, 1.82) is 0 Å². The van der Waals surface area contributed by atoms with E-state index >= 15 is 0 Å². The molecule has 29 heavy (non-hydrogen) atoms. The van der Waals surface area contributed by atoms with E-state index in [0.29, 0.717) is 16.5 Å². The van der Waals surface area contributed by atoms with Crippen LogP contribution in [0.15, 0.2) is 47.6 Å². The molecule has 0 radical (unpaired) electrons. The highest BCUT2D eigenvalue weighted by molar-refractivity contribution is 7.99. The molecule has 3 rings (SSSR count). The molecule has 0 unspecified atom stereocenters. The first-order valence-corrected chi connectivity index (χ1v) is 9.95. The average Bonchev–Trinajstić information content (AvgIpc) is 3.05. The van der Waals surface area contributed by atoms with E-state index in [1.54, 1.807) is 18.2 Å². The molecule has 0 aliphatic carbocycles. The number of rotatable bonds is 8. The van der Waals surface area contributed by atoms with E-state index in [1.807, 2.05) is 32.0 Å². The molecule has 3 aromatic rings. The van der Waals surface area contributed by atoms with Crippen LogP contribution in [0.25, 0.3) is 0 Å². The van der Waals surface area contributed by atoms with Gasteiger partial charge in [0.05, 0.1) is 5.75 Å². The number of nitrogens with zero attached hydrogens (tertiary/aromatic N) is 3. The van der Waals surface area contributed by atoms with Crippen LogP contribution in [0.2, 0.25) is 0 Å². The Balaban J connectivity index is 1.51. The second kappa shape index (κ2) is 9.42. The van der Waals surface area contributed by atoms with E-state index in [4.69, 9.17) is 10.6 Å². The molecule has 1 heterocycles. The van der Waals surface area contributed by atoms with Crippen molar-refractivity contribution in [3.05, 3.63) is 70.8 Å². The molecule has 0 bridgehead atoms. The number of amides is 1. The largest absolute Gasteiger partial charge is 0.485 e. The van der Waals surface area contributed by atoms with Crippen LogP contribution in [0.5, 0.6) is 5.75 Å². The van der Waals surface area contributed by atoms with Crippen molar-refractivity contribution in [2.45, 2.75) is 32.2 Å². The normalized spacial score (nSPS) is 10.7. The Bertz CT molecular complexity index is 988. The molecule has 1 amide bonds. The minimum atomic E-state index is -0.351. The molecular weight excluding hydrogens is 393 g/mol. The molecule has 0 spiro atoms. The van der Waals surface area contributed by atoms with Gasteiger partial charge >= 0.3 is 0 Å². The highest BCUT2D eigenvalue weighted by Crippen LogP contribution is 2.23. The smallest absolute Gasteiger partial charge is 0.230 e. The lowest BCUT2D eigenvalue weighted by Gasteiger charge is -2.11. The van der Waals surface area contributed by atoms with Gasteiger partial charge in [-0.2, -0.15) is 0 Å². The van der Waals surface area contributed by atoms with Crippen molar-refractivity contribution in [3.63, 3.8) is 0 Å². The number of hydrogen-bond acceptors (Lipinski definition) is 6. The maximum Gasteiger partial charge on any atom is 0.230 e. The van der Waals surface area contributed by atoms with Gasteiger partial charge in [0.15, 0.2) is 5.82 Å². The van der Waals surface area contributed by atoms with E-state index in [9.17, 15) is 9.18 Å². The van der Waals surface area contributed by atoms with Gasteiger partial charge in [-0.15, -0.1) is 10.2 Å². The average molecular weight is 415 g/mol. The van der Waals surface area contributed by atoms with Gasteiger partial charge in [0.2, 0.25) is 11.1 Å². The maximum absolute atomic E-state index is 13.6. The van der Waals surface area contributed by atoms with Crippen molar-refractivity contribution < 1.29 is 13.9 Å². The molecule has 3 N–H and O–H groups in total. The quantitative estimate of drug-likeness (QED) is 0.434. The third-order valence-electron chi connectivity index (χ3n) is 4.26. The standard InChI is InChI=1S/C20H22FN5O2S/c1-13-6-5-7-14(2)19(13)28-11-17-24-25-20(26(17)22)29-12-18(27)23-10-15-8-3-4-9-16(15)21/h3-9H,10-12,22H2,1-2H3,(H,23,27). The number of ether oxygens (including phenoxy) is 1. The lowest BCUT2D eigenvalue weighted by molar-refractivity contribution is -0.118. The summed E-state index contributed by atoms with van der Waals surface area (Å²) >= 11 is 1.15. The fraction of sp³-hybridized carbons (Fsp3) is 0.250. The van der Waals surface area contributed by atoms with Gasteiger partial charge in [-0.05, 0) is 31.0 Å². The number of benzene rings is 2.